The minimum Gasteiger partial charge on any atom is -0.354 e. The van der Waals surface area contributed by atoms with Crippen molar-refractivity contribution in [3.8, 4) is 5.82 Å². The van der Waals surface area contributed by atoms with Crippen LogP contribution in [0.5, 0.6) is 0 Å². The van der Waals surface area contributed by atoms with Crippen molar-refractivity contribution in [3.05, 3.63) is 174 Å². The molecule has 0 bridgehead atoms. The van der Waals surface area contributed by atoms with Crippen molar-refractivity contribution in [1.29, 1.82) is 0 Å². The first-order valence-corrected chi connectivity index (χ1v) is 18.6. The number of hydrogen-bond donors (Lipinski definition) is 3. The van der Waals surface area contributed by atoms with Crippen LogP contribution in [0.4, 0.5) is 0 Å². The Labute approximate surface area is 317 Å². The zero-order valence-electron chi connectivity index (χ0n) is 28.4. The third-order valence-electron chi connectivity index (χ3n) is 9.94. The molecule has 0 aliphatic heterocycles. The lowest BCUT2D eigenvalue weighted by molar-refractivity contribution is 1.08. The first kappa shape index (κ1) is 31.3. The van der Waals surface area contributed by atoms with Crippen LogP contribution in [-0.2, 0) is 0 Å². The van der Waals surface area contributed by atoms with Gasteiger partial charge in [0, 0.05) is 88.6 Å². The number of hydrogen-bond acceptors (Lipinski definition) is 2. The summed E-state index contributed by atoms with van der Waals surface area (Å²) in [7, 11) is 0. The zero-order valence-corrected chi connectivity index (χ0v) is 30.5. The molecule has 6 nitrogen and oxygen atoms in total. The third-order valence-corrected chi connectivity index (χ3v) is 10.6. The minimum atomic E-state index is 0.939. The van der Waals surface area contributed by atoms with E-state index in [0.29, 0.717) is 0 Å². The van der Waals surface area contributed by atoms with Gasteiger partial charge in [-0.2, -0.15) is 0 Å². The molecule has 0 saturated carbocycles. The van der Waals surface area contributed by atoms with Crippen LogP contribution in [0.1, 0.15) is 0 Å². The van der Waals surface area contributed by atoms with Gasteiger partial charge in [0.25, 0.3) is 0 Å². The van der Waals surface area contributed by atoms with Crippen LogP contribution in [0, 0.1) is 3.70 Å². The van der Waals surface area contributed by atoms with E-state index in [1.165, 1.54) is 81.7 Å². The van der Waals surface area contributed by atoms with Crippen LogP contribution < -0.4 is 0 Å². The highest BCUT2D eigenvalue weighted by Gasteiger charge is 2.15. The summed E-state index contributed by atoms with van der Waals surface area (Å²) in [5.41, 5.74) is 9.43. The molecule has 0 aliphatic rings. The fourth-order valence-electron chi connectivity index (χ4n) is 7.58. The molecule has 6 aromatic heterocycles. The number of halogens is 1. The van der Waals surface area contributed by atoms with Gasteiger partial charge in [-0.05, 0) is 95.4 Å². The quantitative estimate of drug-likeness (QED) is 0.114. The highest BCUT2D eigenvalue weighted by atomic mass is 127. The number of pyridine rings is 2. The number of nitrogens with one attached hydrogen (secondary N) is 3. The fourth-order valence-corrected chi connectivity index (χ4v) is 7.95. The van der Waals surface area contributed by atoms with Gasteiger partial charge in [-0.25, -0.2) is 4.98 Å². The first-order valence-electron chi connectivity index (χ1n) is 17.5. The highest BCUT2D eigenvalue weighted by Crippen LogP contribution is 2.37. The van der Waals surface area contributed by atoms with E-state index in [1.54, 1.807) is 6.20 Å². The Hall–Kier alpha value is -6.45. The van der Waals surface area contributed by atoms with Crippen LogP contribution in [0.25, 0.3) is 93.0 Å². The molecule has 0 amide bonds. The monoisotopic (exact) mass is 794 g/mol. The predicted octanol–water partition coefficient (Wildman–Crippen LogP) is 12.5. The van der Waals surface area contributed by atoms with E-state index in [2.05, 4.69) is 179 Å². The number of fused-ring (bicyclic) bond motifs is 12. The SMILES string of the molecule is Ic1ccccn1.c1ccc(-n2c3ccccc3c3cc4c(cc32)[nH]c2ccccc24)nc1.c1ccc2c(c1)[nH]c1cc3[nH]c4ccccc4c3cc12. The number of rotatable bonds is 1. The van der Waals surface area contributed by atoms with Gasteiger partial charge in [-0.15, -0.1) is 0 Å². The minimum absolute atomic E-state index is 0.939. The average Bonchev–Trinajstić information content (AvgIpc) is 3.95. The number of nitrogens with zero attached hydrogens (tertiary/aromatic N) is 3. The second-order valence-corrected chi connectivity index (χ2v) is 14.2. The second kappa shape index (κ2) is 13.0. The molecular weight excluding hydrogens is 763 g/mol. The van der Waals surface area contributed by atoms with Crippen molar-refractivity contribution >= 4 is 110 Å². The number of benzene rings is 6. The van der Waals surface area contributed by atoms with Gasteiger partial charge < -0.3 is 15.0 Å². The Bertz CT molecular complexity index is 3160. The summed E-state index contributed by atoms with van der Waals surface area (Å²) in [6.07, 6.45) is 3.62. The number of aromatic amines is 3. The molecule has 0 fully saturated rings. The van der Waals surface area contributed by atoms with E-state index < -0.39 is 0 Å². The van der Waals surface area contributed by atoms with Crippen LogP contribution in [0.15, 0.2) is 170 Å². The topological polar surface area (TPSA) is 78.1 Å². The molecule has 0 atom stereocenters. The van der Waals surface area contributed by atoms with E-state index in [1.807, 2.05) is 36.5 Å². The first-order chi connectivity index (χ1) is 26.2. The Balaban J connectivity index is 0.000000114. The molecule has 0 radical (unpaired) electrons. The van der Waals surface area contributed by atoms with E-state index in [-0.39, 0.29) is 0 Å². The Morgan fingerprint density at radius 3 is 1.34 bits per heavy atom. The number of H-pyrrole nitrogens is 3. The van der Waals surface area contributed by atoms with Crippen LogP contribution in [0.2, 0.25) is 0 Å². The van der Waals surface area contributed by atoms with E-state index in [9.17, 15) is 0 Å². The summed E-state index contributed by atoms with van der Waals surface area (Å²) in [6, 6.07) is 54.9. The summed E-state index contributed by atoms with van der Waals surface area (Å²) >= 11 is 2.17. The summed E-state index contributed by atoms with van der Waals surface area (Å²) < 4.78 is 3.29. The summed E-state index contributed by atoms with van der Waals surface area (Å²) in [5, 5.41) is 10.2. The molecule has 53 heavy (non-hydrogen) atoms. The average molecular weight is 795 g/mol. The Morgan fingerprint density at radius 1 is 0.358 bits per heavy atom. The lowest BCUT2D eigenvalue weighted by Gasteiger charge is -2.06. The molecule has 7 heteroatoms. The molecule has 0 aliphatic carbocycles. The maximum Gasteiger partial charge on any atom is 0.137 e. The van der Waals surface area contributed by atoms with Crippen molar-refractivity contribution in [2.75, 3.05) is 0 Å². The van der Waals surface area contributed by atoms with Gasteiger partial charge in [-0.1, -0.05) is 84.9 Å². The van der Waals surface area contributed by atoms with Crippen LogP contribution in [0.3, 0.4) is 0 Å². The molecule has 6 aromatic carbocycles. The van der Waals surface area contributed by atoms with Gasteiger partial charge in [0.2, 0.25) is 0 Å². The normalized spacial score (nSPS) is 11.5. The summed E-state index contributed by atoms with van der Waals surface area (Å²) in [6.45, 7) is 0. The highest BCUT2D eigenvalue weighted by molar-refractivity contribution is 14.1. The van der Waals surface area contributed by atoms with Gasteiger partial charge in [-0.3, -0.25) is 9.55 Å². The second-order valence-electron chi connectivity index (χ2n) is 13.1. The van der Waals surface area contributed by atoms with Crippen LogP contribution >= 0.6 is 22.6 Å². The van der Waals surface area contributed by atoms with Crippen molar-refractivity contribution in [3.63, 3.8) is 0 Å². The van der Waals surface area contributed by atoms with E-state index in [4.69, 9.17) is 0 Å². The van der Waals surface area contributed by atoms with Crippen molar-refractivity contribution in [2.24, 2.45) is 0 Å². The standard InChI is InChI=1S/C23H15N3.C18H12N2.C5H4IN/c1-3-9-19-15(7-1)17-13-18-16-8-2-4-10-21(16)26(22(18)14-20(17)25-19)23-11-5-6-12-24-23;1-3-7-15-11(5-1)13-9-14-12-6-2-4-8-16(12)20-18(14)10-17(13)19-15;6-5-3-1-2-4-7-5/h1-14,25H;1-10,19-20H;1-4H. The number of para-hydroxylation sites is 4. The Morgan fingerprint density at radius 2 is 0.830 bits per heavy atom. The van der Waals surface area contributed by atoms with Crippen molar-refractivity contribution in [2.45, 2.75) is 0 Å². The molecule has 12 rings (SSSR count). The predicted molar refractivity (Wildman–Crippen MR) is 230 cm³/mol. The van der Waals surface area contributed by atoms with Gasteiger partial charge in [0.15, 0.2) is 0 Å². The molecule has 0 spiro atoms. The zero-order chi connectivity index (χ0) is 35.3. The van der Waals surface area contributed by atoms with Crippen LogP contribution in [-0.4, -0.2) is 29.5 Å². The van der Waals surface area contributed by atoms with Crippen molar-refractivity contribution in [1.82, 2.24) is 29.5 Å². The number of aromatic nitrogens is 6. The van der Waals surface area contributed by atoms with E-state index >= 15 is 0 Å². The molecule has 0 saturated heterocycles. The lowest BCUT2D eigenvalue weighted by atomic mass is 10.1. The van der Waals surface area contributed by atoms with Crippen molar-refractivity contribution < 1.29 is 0 Å². The van der Waals surface area contributed by atoms with Gasteiger partial charge >= 0.3 is 0 Å². The molecule has 6 heterocycles. The fraction of sp³-hybridized carbons (Fsp3) is 0. The van der Waals surface area contributed by atoms with E-state index in [0.717, 1.165) is 15.0 Å². The summed E-state index contributed by atoms with van der Waals surface area (Å²) in [4.78, 5) is 19.1. The molecule has 12 aromatic rings. The molecule has 3 N–H and O–H groups in total. The lowest BCUT2D eigenvalue weighted by Crippen LogP contribution is -1.96. The molecule has 252 valence electrons. The smallest absolute Gasteiger partial charge is 0.137 e. The third kappa shape index (κ3) is 5.48. The maximum atomic E-state index is 4.60. The van der Waals surface area contributed by atoms with Gasteiger partial charge in [0.1, 0.15) is 9.52 Å². The summed E-state index contributed by atoms with van der Waals surface area (Å²) in [5.74, 6) is 0.939. The largest absolute Gasteiger partial charge is 0.354 e. The molecule has 0 unspecified atom stereocenters. The maximum absolute atomic E-state index is 4.60. The Kier molecular flexibility index (Phi) is 7.65. The van der Waals surface area contributed by atoms with Gasteiger partial charge in [0.05, 0.1) is 11.0 Å². The molecular formula is C46H31IN6.